The lowest BCUT2D eigenvalue weighted by Gasteiger charge is -2.08. The van der Waals surface area contributed by atoms with Crippen LogP contribution in [-0.4, -0.2) is 29.9 Å². The first-order valence-electron chi connectivity index (χ1n) is 7.99. The third kappa shape index (κ3) is 3.31. The molecule has 3 heterocycles. The molecule has 0 unspecified atom stereocenters. The van der Waals surface area contributed by atoms with Crippen molar-refractivity contribution in [3.8, 4) is 16.9 Å². The Morgan fingerprint density at radius 2 is 1.92 bits per heavy atom. The number of rotatable bonds is 6. The van der Waals surface area contributed by atoms with Gasteiger partial charge in [-0.1, -0.05) is 18.2 Å². The fourth-order valence-corrected chi connectivity index (χ4v) is 2.70. The Balaban J connectivity index is 1.45. The van der Waals surface area contributed by atoms with Crippen molar-refractivity contribution in [2.45, 2.75) is 13.1 Å². The summed E-state index contributed by atoms with van der Waals surface area (Å²) >= 11 is 0. The van der Waals surface area contributed by atoms with E-state index in [9.17, 15) is 0 Å². The van der Waals surface area contributed by atoms with Crippen molar-refractivity contribution in [1.29, 1.82) is 0 Å². The van der Waals surface area contributed by atoms with Crippen molar-refractivity contribution in [2.24, 2.45) is 0 Å². The van der Waals surface area contributed by atoms with Crippen LogP contribution < -0.4 is 5.32 Å². The number of aromatic nitrogens is 6. The molecular formula is C18H17N7. The van der Waals surface area contributed by atoms with E-state index in [1.165, 1.54) is 0 Å². The Labute approximate surface area is 144 Å². The first kappa shape index (κ1) is 15.2. The minimum Gasteiger partial charge on any atom is -0.306 e. The minimum atomic E-state index is 0.604. The molecule has 0 spiro atoms. The van der Waals surface area contributed by atoms with Crippen LogP contribution in [0.25, 0.3) is 16.9 Å². The van der Waals surface area contributed by atoms with E-state index in [-0.39, 0.29) is 0 Å². The molecule has 2 N–H and O–H groups in total. The van der Waals surface area contributed by atoms with Crippen molar-refractivity contribution in [1.82, 2.24) is 35.3 Å². The molecule has 0 bridgehead atoms. The Morgan fingerprint density at radius 3 is 2.76 bits per heavy atom. The smallest absolute Gasteiger partial charge is 0.151 e. The van der Waals surface area contributed by atoms with E-state index in [2.05, 4.69) is 30.7 Å². The van der Waals surface area contributed by atoms with Gasteiger partial charge in [-0.25, -0.2) is 0 Å². The van der Waals surface area contributed by atoms with E-state index < -0.39 is 0 Å². The van der Waals surface area contributed by atoms with Crippen molar-refractivity contribution in [3.63, 3.8) is 0 Å². The SMILES string of the molecule is c1ccc(-n2cnnc2CNCc2cn[nH]c2-c2cccnc2)cc1. The van der Waals surface area contributed by atoms with Gasteiger partial charge in [0.05, 0.1) is 18.4 Å². The van der Waals surface area contributed by atoms with Gasteiger partial charge in [0.25, 0.3) is 0 Å². The maximum Gasteiger partial charge on any atom is 0.151 e. The second kappa shape index (κ2) is 7.06. The summed E-state index contributed by atoms with van der Waals surface area (Å²) in [5.41, 5.74) is 4.12. The summed E-state index contributed by atoms with van der Waals surface area (Å²) in [6.45, 7) is 1.27. The molecule has 3 aromatic heterocycles. The van der Waals surface area contributed by atoms with Crippen LogP contribution in [0.4, 0.5) is 0 Å². The maximum absolute atomic E-state index is 4.21. The van der Waals surface area contributed by atoms with Crippen molar-refractivity contribution < 1.29 is 0 Å². The number of para-hydroxylation sites is 1. The standard InChI is InChI=1S/C18H17N7/c1-2-6-16(7-3-1)25-13-22-23-17(25)12-20-10-15-11-21-24-18(15)14-5-4-8-19-9-14/h1-9,11,13,20H,10,12H2,(H,21,24). The second-order valence-corrected chi connectivity index (χ2v) is 5.57. The lowest BCUT2D eigenvalue weighted by Crippen LogP contribution is -2.16. The van der Waals surface area contributed by atoms with Crippen LogP contribution in [0.1, 0.15) is 11.4 Å². The highest BCUT2D eigenvalue weighted by atomic mass is 15.3. The highest BCUT2D eigenvalue weighted by Crippen LogP contribution is 2.19. The van der Waals surface area contributed by atoms with Gasteiger partial charge >= 0.3 is 0 Å². The number of hydrogen-bond donors (Lipinski definition) is 2. The number of H-pyrrole nitrogens is 1. The summed E-state index contributed by atoms with van der Waals surface area (Å²) in [7, 11) is 0. The molecule has 0 radical (unpaired) electrons. The third-order valence-corrected chi connectivity index (χ3v) is 3.92. The molecule has 4 rings (SSSR count). The molecular weight excluding hydrogens is 314 g/mol. The van der Waals surface area contributed by atoms with Crippen LogP contribution in [0, 0.1) is 0 Å². The van der Waals surface area contributed by atoms with Gasteiger partial charge in [0.1, 0.15) is 6.33 Å². The Kier molecular flexibility index (Phi) is 4.30. The van der Waals surface area contributed by atoms with Crippen molar-refractivity contribution >= 4 is 0 Å². The van der Waals surface area contributed by atoms with Gasteiger partial charge in [-0.15, -0.1) is 10.2 Å². The van der Waals surface area contributed by atoms with E-state index in [0.29, 0.717) is 13.1 Å². The molecule has 0 amide bonds. The summed E-state index contributed by atoms with van der Waals surface area (Å²) in [6.07, 6.45) is 7.14. The predicted octanol–water partition coefficient (Wildman–Crippen LogP) is 2.34. The van der Waals surface area contributed by atoms with Crippen LogP contribution in [0.5, 0.6) is 0 Å². The first-order valence-corrected chi connectivity index (χ1v) is 7.99. The number of benzene rings is 1. The first-order chi connectivity index (χ1) is 12.4. The zero-order valence-corrected chi connectivity index (χ0v) is 13.5. The average Bonchev–Trinajstić information content (AvgIpc) is 3.33. The van der Waals surface area contributed by atoms with E-state index in [4.69, 9.17) is 0 Å². The fraction of sp³-hybridized carbons (Fsp3) is 0.111. The molecule has 1 aromatic carbocycles. The normalized spacial score (nSPS) is 10.9. The molecule has 0 saturated carbocycles. The average molecular weight is 331 g/mol. The van der Waals surface area contributed by atoms with Gasteiger partial charge < -0.3 is 5.32 Å². The maximum atomic E-state index is 4.21. The quantitative estimate of drug-likeness (QED) is 0.566. The van der Waals surface area contributed by atoms with Crippen LogP contribution in [-0.2, 0) is 13.1 Å². The lowest BCUT2D eigenvalue weighted by molar-refractivity contribution is 0.652. The van der Waals surface area contributed by atoms with Crippen molar-refractivity contribution in [2.75, 3.05) is 0 Å². The van der Waals surface area contributed by atoms with Crippen LogP contribution >= 0.6 is 0 Å². The minimum absolute atomic E-state index is 0.604. The zero-order valence-electron chi connectivity index (χ0n) is 13.5. The summed E-state index contributed by atoms with van der Waals surface area (Å²) in [6, 6.07) is 14.0. The van der Waals surface area contributed by atoms with Gasteiger partial charge in [0.15, 0.2) is 5.82 Å². The molecule has 0 aliphatic carbocycles. The molecule has 0 aliphatic heterocycles. The van der Waals surface area contributed by atoms with Gasteiger partial charge in [0, 0.05) is 35.8 Å². The van der Waals surface area contributed by atoms with E-state index >= 15 is 0 Å². The molecule has 0 saturated heterocycles. The summed E-state index contributed by atoms with van der Waals surface area (Å²) in [4.78, 5) is 4.16. The van der Waals surface area contributed by atoms with Gasteiger partial charge in [-0.2, -0.15) is 5.10 Å². The van der Waals surface area contributed by atoms with Crippen LogP contribution in [0.3, 0.4) is 0 Å². The highest BCUT2D eigenvalue weighted by Gasteiger charge is 2.09. The van der Waals surface area contributed by atoms with Crippen LogP contribution in [0.2, 0.25) is 0 Å². The van der Waals surface area contributed by atoms with Crippen LogP contribution in [0.15, 0.2) is 67.4 Å². The number of pyridine rings is 1. The summed E-state index contributed by atoms with van der Waals surface area (Å²) in [5.74, 6) is 0.859. The largest absolute Gasteiger partial charge is 0.306 e. The Bertz CT molecular complexity index is 850. The van der Waals surface area contributed by atoms with E-state index in [1.807, 2.05) is 59.4 Å². The third-order valence-electron chi connectivity index (χ3n) is 3.92. The molecule has 124 valence electrons. The fourth-order valence-electron chi connectivity index (χ4n) is 2.70. The topological polar surface area (TPSA) is 84.3 Å². The summed E-state index contributed by atoms with van der Waals surface area (Å²) < 4.78 is 1.98. The summed E-state index contributed by atoms with van der Waals surface area (Å²) in [5, 5.41) is 18.8. The van der Waals surface area contributed by atoms with E-state index in [0.717, 1.165) is 28.3 Å². The predicted molar refractivity (Wildman–Crippen MR) is 93.7 cm³/mol. The second-order valence-electron chi connectivity index (χ2n) is 5.57. The highest BCUT2D eigenvalue weighted by molar-refractivity contribution is 5.61. The molecule has 0 fully saturated rings. The number of hydrogen-bond acceptors (Lipinski definition) is 5. The molecule has 0 atom stereocenters. The van der Waals surface area contributed by atoms with Gasteiger partial charge in [-0.05, 0) is 24.3 Å². The lowest BCUT2D eigenvalue weighted by atomic mass is 10.1. The number of nitrogens with zero attached hydrogens (tertiary/aromatic N) is 5. The Morgan fingerprint density at radius 1 is 1.00 bits per heavy atom. The zero-order chi connectivity index (χ0) is 16.9. The molecule has 4 aromatic rings. The van der Waals surface area contributed by atoms with Gasteiger partial charge in [0.2, 0.25) is 0 Å². The van der Waals surface area contributed by atoms with E-state index in [1.54, 1.807) is 12.5 Å². The monoisotopic (exact) mass is 331 g/mol. The number of aromatic amines is 1. The van der Waals surface area contributed by atoms with Crippen molar-refractivity contribution in [3.05, 3.63) is 78.8 Å². The molecule has 0 aliphatic rings. The molecule has 7 heteroatoms. The Hall–Kier alpha value is -3.32. The molecule has 7 nitrogen and oxygen atoms in total. The number of nitrogens with one attached hydrogen (secondary N) is 2. The molecule has 25 heavy (non-hydrogen) atoms. The van der Waals surface area contributed by atoms with Gasteiger partial charge in [-0.3, -0.25) is 14.6 Å².